The van der Waals surface area contributed by atoms with Crippen LogP contribution in [0, 0.1) is 0 Å². The summed E-state index contributed by atoms with van der Waals surface area (Å²) in [6.07, 6.45) is 0. The number of aromatic nitrogens is 1. The van der Waals surface area contributed by atoms with Gasteiger partial charge in [0.1, 0.15) is 11.3 Å². The first-order valence-electron chi connectivity index (χ1n) is 9.23. The molecule has 1 aliphatic heterocycles. The fourth-order valence-electron chi connectivity index (χ4n) is 3.19. The highest BCUT2D eigenvalue weighted by Gasteiger charge is 2.23. The number of thiazole rings is 1. The number of halogens is 1. The van der Waals surface area contributed by atoms with Gasteiger partial charge in [-0.3, -0.25) is 0 Å². The lowest BCUT2D eigenvalue weighted by molar-refractivity contribution is 0.208. The van der Waals surface area contributed by atoms with Gasteiger partial charge in [0.25, 0.3) is 0 Å². The quantitative estimate of drug-likeness (QED) is 0.669. The normalized spacial score (nSPS) is 14.4. The smallest absolute Gasteiger partial charge is 0.321 e. The summed E-state index contributed by atoms with van der Waals surface area (Å²) in [6.45, 7) is 5.35. The number of amides is 2. The minimum absolute atomic E-state index is 0.107. The first kappa shape index (κ1) is 18.8. The van der Waals surface area contributed by atoms with E-state index in [1.54, 1.807) is 23.5 Å². The zero-order valence-electron chi connectivity index (χ0n) is 15.5. The monoisotopic (exact) mass is 416 g/mol. The van der Waals surface area contributed by atoms with Crippen LogP contribution in [0.4, 0.5) is 15.6 Å². The number of rotatable bonds is 4. The molecule has 4 rings (SSSR count). The second-order valence-electron chi connectivity index (χ2n) is 6.45. The van der Waals surface area contributed by atoms with Gasteiger partial charge >= 0.3 is 6.03 Å². The number of urea groups is 1. The molecule has 1 fully saturated rings. The summed E-state index contributed by atoms with van der Waals surface area (Å²) in [4.78, 5) is 21.3. The number of para-hydroxylation sites is 1. The largest absolute Gasteiger partial charge is 0.492 e. The van der Waals surface area contributed by atoms with Gasteiger partial charge in [-0.25, -0.2) is 9.78 Å². The Morgan fingerprint density at radius 2 is 2.00 bits per heavy atom. The van der Waals surface area contributed by atoms with Crippen molar-refractivity contribution in [2.24, 2.45) is 0 Å². The van der Waals surface area contributed by atoms with Gasteiger partial charge in [0.15, 0.2) is 5.13 Å². The minimum Gasteiger partial charge on any atom is -0.492 e. The number of anilines is 2. The molecule has 1 aliphatic rings. The number of nitrogens with one attached hydrogen (secondary N) is 1. The van der Waals surface area contributed by atoms with Crippen LogP contribution in [0.15, 0.2) is 42.5 Å². The molecule has 1 N–H and O–H groups in total. The molecule has 0 spiro atoms. The second kappa shape index (κ2) is 8.24. The molecule has 28 heavy (non-hydrogen) atoms. The van der Waals surface area contributed by atoms with Crippen molar-refractivity contribution < 1.29 is 9.53 Å². The number of piperazine rings is 1. The molecule has 0 radical (unpaired) electrons. The summed E-state index contributed by atoms with van der Waals surface area (Å²) in [5.74, 6) is 0.821. The Hall–Kier alpha value is -2.51. The van der Waals surface area contributed by atoms with Crippen molar-refractivity contribution in [2.45, 2.75) is 6.92 Å². The third-order valence-corrected chi connectivity index (χ3v) is 5.90. The number of benzene rings is 2. The van der Waals surface area contributed by atoms with Crippen LogP contribution < -0.4 is 15.0 Å². The zero-order chi connectivity index (χ0) is 19.5. The molecular weight excluding hydrogens is 396 g/mol. The van der Waals surface area contributed by atoms with Gasteiger partial charge in [0, 0.05) is 36.9 Å². The Morgan fingerprint density at radius 3 is 2.75 bits per heavy atom. The van der Waals surface area contributed by atoms with E-state index in [0.717, 1.165) is 34.2 Å². The van der Waals surface area contributed by atoms with Crippen molar-refractivity contribution in [2.75, 3.05) is 43.0 Å². The highest BCUT2D eigenvalue weighted by Crippen LogP contribution is 2.34. The molecule has 0 aliphatic carbocycles. The molecule has 2 amide bonds. The SMILES string of the molecule is CCOc1cccc2sc(N3CCN(C(=O)Nc4cccc(Cl)c4)CC3)nc12. The van der Waals surface area contributed by atoms with Gasteiger partial charge < -0.3 is 19.9 Å². The van der Waals surface area contributed by atoms with E-state index in [9.17, 15) is 4.79 Å². The van der Waals surface area contributed by atoms with E-state index in [-0.39, 0.29) is 6.03 Å². The number of carbonyl (C=O) groups is 1. The van der Waals surface area contributed by atoms with Crippen LogP contribution in [0.2, 0.25) is 5.02 Å². The van der Waals surface area contributed by atoms with E-state index in [0.29, 0.717) is 30.4 Å². The summed E-state index contributed by atoms with van der Waals surface area (Å²) in [6, 6.07) is 13.1. The molecule has 0 unspecified atom stereocenters. The number of fused-ring (bicyclic) bond motifs is 1. The standard InChI is InChI=1S/C20H21ClN4O2S/c1-2-27-16-7-4-8-17-18(16)23-20(28-17)25-11-9-24(10-12-25)19(26)22-15-6-3-5-14(21)13-15/h3-8,13H,2,9-12H2,1H3,(H,22,26). The third-order valence-electron chi connectivity index (χ3n) is 4.58. The van der Waals surface area contributed by atoms with Crippen LogP contribution in [-0.2, 0) is 0 Å². The molecule has 2 heterocycles. The molecule has 6 nitrogen and oxygen atoms in total. The maximum Gasteiger partial charge on any atom is 0.321 e. The summed E-state index contributed by atoms with van der Waals surface area (Å²) < 4.78 is 6.80. The van der Waals surface area contributed by atoms with E-state index in [2.05, 4.69) is 16.3 Å². The summed E-state index contributed by atoms with van der Waals surface area (Å²) in [5, 5.41) is 4.48. The zero-order valence-corrected chi connectivity index (χ0v) is 17.1. The third kappa shape index (κ3) is 4.00. The number of nitrogens with zero attached hydrogens (tertiary/aromatic N) is 3. The Bertz CT molecular complexity index is 985. The summed E-state index contributed by atoms with van der Waals surface area (Å²) >= 11 is 7.64. The first-order chi connectivity index (χ1) is 13.6. The predicted octanol–water partition coefficient (Wildman–Crippen LogP) is 4.70. The summed E-state index contributed by atoms with van der Waals surface area (Å²) in [5.41, 5.74) is 1.61. The Morgan fingerprint density at radius 1 is 1.21 bits per heavy atom. The van der Waals surface area contributed by atoms with Crippen molar-refractivity contribution in [3.63, 3.8) is 0 Å². The molecule has 2 aromatic carbocycles. The van der Waals surface area contributed by atoms with E-state index in [1.165, 1.54) is 0 Å². The van der Waals surface area contributed by atoms with Gasteiger partial charge in [-0.1, -0.05) is 35.1 Å². The van der Waals surface area contributed by atoms with Crippen molar-refractivity contribution >= 4 is 50.0 Å². The molecule has 8 heteroatoms. The molecule has 146 valence electrons. The topological polar surface area (TPSA) is 57.7 Å². The van der Waals surface area contributed by atoms with Crippen LogP contribution in [0.1, 0.15) is 6.92 Å². The fourth-order valence-corrected chi connectivity index (χ4v) is 4.41. The van der Waals surface area contributed by atoms with E-state index < -0.39 is 0 Å². The first-order valence-corrected chi connectivity index (χ1v) is 10.4. The van der Waals surface area contributed by atoms with Crippen LogP contribution >= 0.6 is 22.9 Å². The fraction of sp³-hybridized carbons (Fsp3) is 0.300. The molecule has 0 atom stereocenters. The molecule has 3 aromatic rings. The van der Waals surface area contributed by atoms with Crippen LogP contribution in [-0.4, -0.2) is 48.7 Å². The van der Waals surface area contributed by atoms with Crippen molar-refractivity contribution in [3.8, 4) is 5.75 Å². The van der Waals surface area contributed by atoms with Crippen LogP contribution in [0.5, 0.6) is 5.75 Å². The van der Waals surface area contributed by atoms with Crippen molar-refractivity contribution in [1.82, 2.24) is 9.88 Å². The van der Waals surface area contributed by atoms with Gasteiger partial charge in [-0.05, 0) is 37.3 Å². The lowest BCUT2D eigenvalue weighted by Crippen LogP contribution is -2.50. The van der Waals surface area contributed by atoms with Gasteiger partial charge in [-0.15, -0.1) is 0 Å². The lowest BCUT2D eigenvalue weighted by Gasteiger charge is -2.34. The highest BCUT2D eigenvalue weighted by molar-refractivity contribution is 7.22. The average molecular weight is 417 g/mol. The number of carbonyl (C=O) groups excluding carboxylic acids is 1. The molecular formula is C20H21ClN4O2S. The van der Waals surface area contributed by atoms with Gasteiger partial charge in [0.2, 0.25) is 0 Å². The van der Waals surface area contributed by atoms with E-state index in [1.807, 2.05) is 36.1 Å². The molecule has 1 saturated heterocycles. The lowest BCUT2D eigenvalue weighted by atomic mass is 10.3. The Labute approximate surface area is 172 Å². The number of hydrogen-bond acceptors (Lipinski definition) is 5. The highest BCUT2D eigenvalue weighted by atomic mass is 35.5. The molecule has 1 aromatic heterocycles. The van der Waals surface area contributed by atoms with E-state index in [4.69, 9.17) is 21.3 Å². The van der Waals surface area contributed by atoms with Crippen molar-refractivity contribution in [1.29, 1.82) is 0 Å². The van der Waals surface area contributed by atoms with Gasteiger partial charge in [0.05, 0.1) is 11.3 Å². The van der Waals surface area contributed by atoms with Gasteiger partial charge in [-0.2, -0.15) is 0 Å². The minimum atomic E-state index is -0.107. The molecule has 0 bridgehead atoms. The van der Waals surface area contributed by atoms with Crippen LogP contribution in [0.3, 0.4) is 0 Å². The predicted molar refractivity (Wildman–Crippen MR) is 115 cm³/mol. The number of hydrogen-bond donors (Lipinski definition) is 1. The Balaban J connectivity index is 1.40. The van der Waals surface area contributed by atoms with Crippen LogP contribution in [0.25, 0.3) is 10.2 Å². The van der Waals surface area contributed by atoms with E-state index >= 15 is 0 Å². The second-order valence-corrected chi connectivity index (χ2v) is 7.89. The maximum absolute atomic E-state index is 12.5. The molecule has 0 saturated carbocycles. The average Bonchev–Trinajstić information content (AvgIpc) is 3.14. The van der Waals surface area contributed by atoms with Crippen molar-refractivity contribution in [3.05, 3.63) is 47.5 Å². The number of ether oxygens (including phenoxy) is 1. The Kier molecular flexibility index (Phi) is 5.54. The maximum atomic E-state index is 12.5. The summed E-state index contributed by atoms with van der Waals surface area (Å²) in [7, 11) is 0.